The number of nitrogens with zero attached hydrogens (tertiary/aromatic N) is 1. The third-order valence-electron chi connectivity index (χ3n) is 3.27. The van der Waals surface area contributed by atoms with E-state index in [0.29, 0.717) is 25.1 Å². The minimum absolute atomic E-state index is 0.0250. The van der Waals surface area contributed by atoms with Gasteiger partial charge in [0.2, 0.25) is 10.0 Å². The van der Waals surface area contributed by atoms with Gasteiger partial charge in [-0.05, 0) is 31.0 Å². The second-order valence-corrected chi connectivity index (χ2v) is 6.53. The Bertz CT molecular complexity index is 611. The largest absolute Gasteiger partial charge is 0.326 e. The molecule has 2 rings (SSSR count). The number of nitrogens with two attached hydrogens (primary N) is 1. The van der Waals surface area contributed by atoms with Crippen molar-refractivity contribution in [2.75, 3.05) is 13.1 Å². The summed E-state index contributed by atoms with van der Waals surface area (Å²) in [5.41, 5.74) is 7.14. The summed E-state index contributed by atoms with van der Waals surface area (Å²) in [6.45, 7) is 2.79. The van der Waals surface area contributed by atoms with Crippen molar-refractivity contribution in [2.45, 2.75) is 24.8 Å². The van der Waals surface area contributed by atoms with E-state index in [4.69, 9.17) is 5.73 Å². The van der Waals surface area contributed by atoms with E-state index in [9.17, 15) is 12.8 Å². The molecule has 0 saturated carbocycles. The standard InChI is InChI=1S/C13H17FN2O2S/c1-10-4-6-16(7-5-10)19(17,18)13-8-12(14)3-2-11(13)9-15/h2-4,8H,5-7,9,15H2,1H3. The summed E-state index contributed by atoms with van der Waals surface area (Å²) in [4.78, 5) is -0.0250. The van der Waals surface area contributed by atoms with Gasteiger partial charge >= 0.3 is 0 Å². The first-order chi connectivity index (χ1) is 8.95. The number of rotatable bonds is 3. The molecule has 1 aromatic rings. The van der Waals surface area contributed by atoms with Gasteiger partial charge in [-0.1, -0.05) is 17.7 Å². The molecule has 0 saturated heterocycles. The Morgan fingerprint density at radius 1 is 1.42 bits per heavy atom. The number of hydrogen-bond donors (Lipinski definition) is 1. The lowest BCUT2D eigenvalue weighted by molar-refractivity contribution is 0.430. The lowest BCUT2D eigenvalue weighted by Crippen LogP contribution is -2.35. The third-order valence-corrected chi connectivity index (χ3v) is 5.21. The van der Waals surface area contributed by atoms with Crippen LogP contribution in [-0.2, 0) is 16.6 Å². The fourth-order valence-electron chi connectivity index (χ4n) is 2.05. The maximum absolute atomic E-state index is 13.3. The van der Waals surface area contributed by atoms with Crippen LogP contribution in [0, 0.1) is 5.82 Å². The van der Waals surface area contributed by atoms with Gasteiger partial charge in [0.15, 0.2) is 0 Å². The average molecular weight is 284 g/mol. The fourth-order valence-corrected chi connectivity index (χ4v) is 3.67. The smallest absolute Gasteiger partial charge is 0.243 e. The van der Waals surface area contributed by atoms with Crippen molar-refractivity contribution in [3.05, 3.63) is 41.2 Å². The van der Waals surface area contributed by atoms with Gasteiger partial charge in [-0.2, -0.15) is 4.31 Å². The highest BCUT2D eigenvalue weighted by Gasteiger charge is 2.27. The molecule has 0 bridgehead atoms. The normalized spacial score (nSPS) is 17.3. The molecule has 0 fully saturated rings. The summed E-state index contributed by atoms with van der Waals surface area (Å²) in [7, 11) is -3.68. The maximum Gasteiger partial charge on any atom is 0.243 e. The Morgan fingerprint density at radius 2 is 2.16 bits per heavy atom. The van der Waals surface area contributed by atoms with Crippen LogP contribution in [0.5, 0.6) is 0 Å². The molecule has 0 radical (unpaired) electrons. The van der Waals surface area contributed by atoms with E-state index in [2.05, 4.69) is 0 Å². The first kappa shape index (κ1) is 14.2. The molecule has 0 amide bonds. The number of sulfonamides is 1. The van der Waals surface area contributed by atoms with Gasteiger partial charge in [-0.15, -0.1) is 0 Å². The van der Waals surface area contributed by atoms with E-state index < -0.39 is 15.8 Å². The minimum Gasteiger partial charge on any atom is -0.326 e. The lowest BCUT2D eigenvalue weighted by atomic mass is 10.1. The van der Waals surface area contributed by atoms with Gasteiger partial charge in [-0.3, -0.25) is 0 Å². The zero-order valence-electron chi connectivity index (χ0n) is 10.8. The number of benzene rings is 1. The highest BCUT2D eigenvalue weighted by Crippen LogP contribution is 2.24. The zero-order valence-corrected chi connectivity index (χ0v) is 11.6. The maximum atomic E-state index is 13.3. The predicted octanol–water partition coefficient (Wildman–Crippen LogP) is 1.63. The molecule has 0 spiro atoms. The van der Waals surface area contributed by atoms with Gasteiger partial charge < -0.3 is 5.73 Å². The Morgan fingerprint density at radius 3 is 2.74 bits per heavy atom. The molecule has 1 aliphatic heterocycles. The van der Waals surface area contributed by atoms with Gasteiger partial charge in [0.05, 0.1) is 4.90 Å². The summed E-state index contributed by atoms with van der Waals surface area (Å²) in [5.74, 6) is -0.570. The molecular formula is C13H17FN2O2S. The lowest BCUT2D eigenvalue weighted by Gasteiger charge is -2.25. The van der Waals surface area contributed by atoms with Crippen molar-refractivity contribution in [1.82, 2.24) is 4.31 Å². The van der Waals surface area contributed by atoms with Crippen molar-refractivity contribution in [3.63, 3.8) is 0 Å². The quantitative estimate of drug-likeness (QED) is 0.858. The van der Waals surface area contributed by atoms with Gasteiger partial charge in [0, 0.05) is 19.6 Å². The Balaban J connectivity index is 2.42. The molecule has 1 aliphatic rings. The first-order valence-electron chi connectivity index (χ1n) is 6.09. The second kappa shape index (κ2) is 5.40. The van der Waals surface area contributed by atoms with Crippen molar-refractivity contribution in [3.8, 4) is 0 Å². The van der Waals surface area contributed by atoms with Crippen LogP contribution in [0.2, 0.25) is 0 Å². The Labute approximate surface area is 112 Å². The second-order valence-electron chi connectivity index (χ2n) is 4.62. The van der Waals surface area contributed by atoms with Crippen LogP contribution in [0.1, 0.15) is 18.9 Å². The van der Waals surface area contributed by atoms with E-state index in [1.165, 1.54) is 22.0 Å². The molecule has 0 aromatic heterocycles. The van der Waals surface area contributed by atoms with Crippen LogP contribution >= 0.6 is 0 Å². The summed E-state index contributed by atoms with van der Waals surface area (Å²) in [6.07, 6.45) is 2.58. The van der Waals surface area contributed by atoms with Gasteiger partial charge in [-0.25, -0.2) is 12.8 Å². The van der Waals surface area contributed by atoms with E-state index in [-0.39, 0.29) is 11.4 Å². The average Bonchev–Trinajstić information content (AvgIpc) is 2.39. The molecule has 6 heteroatoms. The van der Waals surface area contributed by atoms with Crippen LogP contribution < -0.4 is 5.73 Å². The third kappa shape index (κ3) is 2.86. The number of hydrogen-bond acceptors (Lipinski definition) is 3. The first-order valence-corrected chi connectivity index (χ1v) is 7.53. The molecule has 0 unspecified atom stereocenters. The van der Waals surface area contributed by atoms with Crippen LogP contribution in [0.4, 0.5) is 4.39 Å². The molecule has 2 N–H and O–H groups in total. The zero-order chi connectivity index (χ0) is 14.0. The topological polar surface area (TPSA) is 63.4 Å². The van der Waals surface area contributed by atoms with Gasteiger partial charge in [0.25, 0.3) is 0 Å². The van der Waals surface area contributed by atoms with E-state index in [1.54, 1.807) is 0 Å². The monoisotopic (exact) mass is 284 g/mol. The Hall–Kier alpha value is -1.24. The summed E-state index contributed by atoms with van der Waals surface area (Å²) in [6, 6.07) is 3.69. The van der Waals surface area contributed by atoms with E-state index in [1.807, 2.05) is 13.0 Å². The summed E-state index contributed by atoms with van der Waals surface area (Å²) >= 11 is 0. The van der Waals surface area contributed by atoms with Crippen molar-refractivity contribution in [2.24, 2.45) is 5.73 Å². The molecule has 0 atom stereocenters. The highest BCUT2D eigenvalue weighted by molar-refractivity contribution is 7.89. The summed E-state index contributed by atoms with van der Waals surface area (Å²) < 4.78 is 39.7. The Kier molecular flexibility index (Phi) is 4.03. The summed E-state index contributed by atoms with van der Waals surface area (Å²) in [5, 5.41) is 0. The highest BCUT2D eigenvalue weighted by atomic mass is 32.2. The molecule has 1 heterocycles. The molecule has 19 heavy (non-hydrogen) atoms. The SMILES string of the molecule is CC1=CCN(S(=O)(=O)c2cc(F)ccc2CN)CC1. The van der Waals surface area contributed by atoms with E-state index in [0.717, 1.165) is 6.07 Å². The van der Waals surface area contributed by atoms with Crippen LogP contribution in [0.25, 0.3) is 0 Å². The van der Waals surface area contributed by atoms with Crippen LogP contribution in [0.15, 0.2) is 34.7 Å². The van der Waals surface area contributed by atoms with Crippen molar-refractivity contribution in [1.29, 1.82) is 0 Å². The molecule has 1 aromatic carbocycles. The predicted molar refractivity (Wildman–Crippen MR) is 71.4 cm³/mol. The van der Waals surface area contributed by atoms with Crippen molar-refractivity contribution < 1.29 is 12.8 Å². The fraction of sp³-hybridized carbons (Fsp3) is 0.385. The molecular weight excluding hydrogens is 267 g/mol. The van der Waals surface area contributed by atoms with Crippen LogP contribution in [-0.4, -0.2) is 25.8 Å². The molecule has 4 nitrogen and oxygen atoms in total. The van der Waals surface area contributed by atoms with Crippen molar-refractivity contribution >= 4 is 10.0 Å². The molecule has 0 aliphatic carbocycles. The van der Waals surface area contributed by atoms with E-state index >= 15 is 0 Å². The van der Waals surface area contributed by atoms with Gasteiger partial charge in [0.1, 0.15) is 5.82 Å². The number of halogens is 1. The molecule has 104 valence electrons. The van der Waals surface area contributed by atoms with Crippen LogP contribution in [0.3, 0.4) is 0 Å². The minimum atomic E-state index is -3.68.